The number of hydrogen-bond acceptors (Lipinski definition) is 4. The van der Waals surface area contributed by atoms with Crippen molar-refractivity contribution < 1.29 is 8.83 Å². The van der Waals surface area contributed by atoms with Crippen LogP contribution in [0.2, 0.25) is 0 Å². The van der Waals surface area contributed by atoms with Gasteiger partial charge in [-0.2, -0.15) is 0 Å². The number of furan rings is 1. The first-order valence-electron chi connectivity index (χ1n) is 7.94. The SMILES string of the molecule is CC(C)(C)c1ccc(-c2nnc(-c3cc4ccccc4o3)o2)cc1. The first kappa shape index (κ1) is 14.7. The molecule has 2 aromatic heterocycles. The van der Waals surface area contributed by atoms with Crippen LogP contribution in [0.1, 0.15) is 26.3 Å². The number of para-hydroxylation sites is 1. The minimum Gasteiger partial charge on any atom is -0.451 e. The van der Waals surface area contributed by atoms with Crippen molar-refractivity contribution in [1.29, 1.82) is 0 Å². The Kier molecular flexibility index (Phi) is 3.27. The number of rotatable bonds is 2. The van der Waals surface area contributed by atoms with Gasteiger partial charge in [-0.25, -0.2) is 0 Å². The Hall–Kier alpha value is -2.88. The van der Waals surface area contributed by atoms with Gasteiger partial charge >= 0.3 is 0 Å². The maximum absolute atomic E-state index is 5.79. The molecule has 0 spiro atoms. The van der Waals surface area contributed by atoms with E-state index in [0.717, 1.165) is 16.5 Å². The number of hydrogen-bond donors (Lipinski definition) is 0. The van der Waals surface area contributed by atoms with Crippen LogP contribution < -0.4 is 0 Å². The van der Waals surface area contributed by atoms with Crippen molar-refractivity contribution in [3.05, 3.63) is 60.2 Å². The lowest BCUT2D eigenvalue weighted by Gasteiger charge is -2.18. The van der Waals surface area contributed by atoms with E-state index < -0.39 is 0 Å². The third-order valence-electron chi connectivity index (χ3n) is 4.06. The van der Waals surface area contributed by atoms with Crippen molar-refractivity contribution in [2.45, 2.75) is 26.2 Å². The zero-order valence-electron chi connectivity index (χ0n) is 13.9. The predicted octanol–water partition coefficient (Wildman–Crippen LogP) is 5.45. The lowest BCUT2D eigenvalue weighted by molar-refractivity contribution is 0.541. The van der Waals surface area contributed by atoms with Crippen LogP contribution in [0.25, 0.3) is 34.1 Å². The minimum absolute atomic E-state index is 0.118. The molecule has 0 amide bonds. The molecule has 2 aromatic carbocycles. The summed E-state index contributed by atoms with van der Waals surface area (Å²) in [5.74, 6) is 1.47. The summed E-state index contributed by atoms with van der Waals surface area (Å²) in [6.07, 6.45) is 0. The largest absolute Gasteiger partial charge is 0.451 e. The predicted molar refractivity (Wildman–Crippen MR) is 93.6 cm³/mol. The molecule has 2 heterocycles. The molecule has 0 fully saturated rings. The highest BCUT2D eigenvalue weighted by Crippen LogP contribution is 2.30. The highest BCUT2D eigenvalue weighted by molar-refractivity contribution is 5.81. The molecule has 0 atom stereocenters. The molecule has 4 heteroatoms. The van der Waals surface area contributed by atoms with Gasteiger partial charge in [-0.05, 0) is 35.2 Å². The summed E-state index contributed by atoms with van der Waals surface area (Å²) in [5, 5.41) is 9.28. The molecule has 0 unspecified atom stereocenters. The Bertz CT molecular complexity index is 955. The van der Waals surface area contributed by atoms with Crippen LogP contribution in [0.5, 0.6) is 0 Å². The lowest BCUT2D eigenvalue weighted by atomic mass is 9.87. The fourth-order valence-corrected chi connectivity index (χ4v) is 2.64. The topological polar surface area (TPSA) is 52.1 Å². The van der Waals surface area contributed by atoms with E-state index in [0.29, 0.717) is 17.5 Å². The second-order valence-electron chi connectivity index (χ2n) is 6.89. The van der Waals surface area contributed by atoms with Crippen LogP contribution in [0.3, 0.4) is 0 Å². The van der Waals surface area contributed by atoms with Crippen molar-refractivity contribution in [1.82, 2.24) is 10.2 Å². The van der Waals surface area contributed by atoms with Gasteiger partial charge in [-0.15, -0.1) is 10.2 Å². The quantitative estimate of drug-likeness (QED) is 0.493. The van der Waals surface area contributed by atoms with Gasteiger partial charge in [0.25, 0.3) is 5.89 Å². The molecule has 4 aromatic rings. The molecular formula is C20H18N2O2. The normalized spacial score (nSPS) is 12.0. The first-order chi connectivity index (χ1) is 11.5. The molecule has 0 aliphatic carbocycles. The van der Waals surface area contributed by atoms with Crippen molar-refractivity contribution in [2.24, 2.45) is 0 Å². The maximum Gasteiger partial charge on any atom is 0.283 e. The summed E-state index contributed by atoms with van der Waals surface area (Å²) in [6.45, 7) is 6.57. The van der Waals surface area contributed by atoms with Crippen LogP contribution in [0.4, 0.5) is 0 Å². The van der Waals surface area contributed by atoms with Gasteiger partial charge in [0.05, 0.1) is 0 Å². The van der Waals surface area contributed by atoms with E-state index in [4.69, 9.17) is 8.83 Å². The van der Waals surface area contributed by atoms with E-state index in [-0.39, 0.29) is 5.41 Å². The zero-order chi connectivity index (χ0) is 16.7. The third kappa shape index (κ3) is 2.60. The molecule has 0 radical (unpaired) electrons. The van der Waals surface area contributed by atoms with E-state index in [1.54, 1.807) is 0 Å². The van der Waals surface area contributed by atoms with E-state index in [1.807, 2.05) is 42.5 Å². The monoisotopic (exact) mass is 318 g/mol. The van der Waals surface area contributed by atoms with Gasteiger partial charge in [0.1, 0.15) is 5.58 Å². The average Bonchev–Trinajstić information content (AvgIpc) is 3.21. The highest BCUT2D eigenvalue weighted by Gasteiger charge is 2.16. The smallest absolute Gasteiger partial charge is 0.283 e. The minimum atomic E-state index is 0.118. The van der Waals surface area contributed by atoms with Crippen LogP contribution >= 0.6 is 0 Å². The fraction of sp³-hybridized carbons (Fsp3) is 0.200. The van der Waals surface area contributed by atoms with E-state index in [9.17, 15) is 0 Å². The number of benzene rings is 2. The fourth-order valence-electron chi connectivity index (χ4n) is 2.64. The van der Waals surface area contributed by atoms with Crippen LogP contribution in [0, 0.1) is 0 Å². The highest BCUT2D eigenvalue weighted by atomic mass is 16.4. The Morgan fingerprint density at radius 2 is 1.50 bits per heavy atom. The Morgan fingerprint density at radius 1 is 0.792 bits per heavy atom. The third-order valence-corrected chi connectivity index (χ3v) is 4.06. The van der Waals surface area contributed by atoms with Crippen LogP contribution in [-0.2, 0) is 5.41 Å². The second kappa shape index (κ2) is 5.34. The van der Waals surface area contributed by atoms with E-state index >= 15 is 0 Å². The molecule has 0 saturated heterocycles. The standard InChI is InChI=1S/C20H18N2O2/c1-20(2,3)15-10-8-13(9-11-15)18-21-22-19(24-18)17-12-14-6-4-5-7-16(14)23-17/h4-12H,1-3H3. The summed E-state index contributed by atoms with van der Waals surface area (Å²) in [6, 6.07) is 17.9. The van der Waals surface area contributed by atoms with Gasteiger partial charge in [0.15, 0.2) is 5.76 Å². The average molecular weight is 318 g/mol. The summed E-state index contributed by atoms with van der Waals surface area (Å²) in [7, 11) is 0. The van der Waals surface area contributed by atoms with Gasteiger partial charge in [-0.1, -0.05) is 51.1 Å². The second-order valence-corrected chi connectivity index (χ2v) is 6.89. The van der Waals surface area contributed by atoms with Crippen molar-refractivity contribution >= 4 is 11.0 Å². The molecule has 4 nitrogen and oxygen atoms in total. The Morgan fingerprint density at radius 3 is 2.21 bits per heavy atom. The van der Waals surface area contributed by atoms with Gasteiger partial charge in [-0.3, -0.25) is 0 Å². The number of aromatic nitrogens is 2. The van der Waals surface area contributed by atoms with Gasteiger partial charge in [0, 0.05) is 10.9 Å². The van der Waals surface area contributed by atoms with E-state index in [2.05, 4.69) is 43.1 Å². The summed E-state index contributed by atoms with van der Waals surface area (Å²) >= 11 is 0. The molecule has 0 saturated carbocycles. The van der Waals surface area contributed by atoms with Crippen molar-refractivity contribution in [3.63, 3.8) is 0 Å². The molecule has 0 aliphatic rings. The Balaban J connectivity index is 1.67. The lowest BCUT2D eigenvalue weighted by Crippen LogP contribution is -2.10. The Labute approximate surface area is 140 Å². The van der Waals surface area contributed by atoms with Crippen molar-refractivity contribution in [3.8, 4) is 23.1 Å². The summed E-state index contributed by atoms with van der Waals surface area (Å²) < 4.78 is 11.6. The van der Waals surface area contributed by atoms with Gasteiger partial charge in [0.2, 0.25) is 5.89 Å². The molecule has 0 N–H and O–H groups in total. The van der Waals surface area contributed by atoms with Gasteiger partial charge < -0.3 is 8.83 Å². The van der Waals surface area contributed by atoms with E-state index in [1.165, 1.54) is 5.56 Å². The summed E-state index contributed by atoms with van der Waals surface area (Å²) in [5.41, 5.74) is 3.09. The van der Waals surface area contributed by atoms with Crippen LogP contribution in [0.15, 0.2) is 63.4 Å². The number of fused-ring (bicyclic) bond motifs is 1. The molecule has 24 heavy (non-hydrogen) atoms. The first-order valence-corrected chi connectivity index (χ1v) is 7.94. The number of nitrogens with zero attached hydrogens (tertiary/aromatic N) is 2. The molecule has 0 bridgehead atoms. The molecule has 120 valence electrons. The van der Waals surface area contributed by atoms with Crippen LogP contribution in [-0.4, -0.2) is 10.2 Å². The zero-order valence-corrected chi connectivity index (χ0v) is 13.9. The maximum atomic E-state index is 5.79. The summed E-state index contributed by atoms with van der Waals surface area (Å²) in [4.78, 5) is 0. The molecule has 0 aliphatic heterocycles. The van der Waals surface area contributed by atoms with Crippen molar-refractivity contribution in [2.75, 3.05) is 0 Å². The molecular weight excluding hydrogens is 300 g/mol. The molecule has 4 rings (SSSR count).